The SMILES string of the molecule is CC1(C)CCCN(CC(O)CNC(C)(C)C)CC1. The van der Waals surface area contributed by atoms with Gasteiger partial charge in [-0.25, -0.2) is 0 Å². The summed E-state index contributed by atoms with van der Waals surface area (Å²) in [5.41, 5.74) is 0.561. The molecule has 0 radical (unpaired) electrons. The number of rotatable bonds is 4. The lowest BCUT2D eigenvalue weighted by Crippen LogP contribution is -2.45. The van der Waals surface area contributed by atoms with Gasteiger partial charge in [-0.05, 0) is 58.5 Å². The van der Waals surface area contributed by atoms with Gasteiger partial charge in [-0.2, -0.15) is 0 Å². The molecular weight excluding hydrogens is 224 g/mol. The van der Waals surface area contributed by atoms with E-state index in [9.17, 15) is 5.11 Å². The molecule has 0 aromatic heterocycles. The van der Waals surface area contributed by atoms with Crippen molar-refractivity contribution in [1.82, 2.24) is 10.2 Å². The fraction of sp³-hybridized carbons (Fsp3) is 1.00. The van der Waals surface area contributed by atoms with Crippen molar-refractivity contribution in [3.05, 3.63) is 0 Å². The van der Waals surface area contributed by atoms with Crippen molar-refractivity contribution in [2.24, 2.45) is 5.41 Å². The predicted molar refractivity (Wildman–Crippen MR) is 77.8 cm³/mol. The maximum Gasteiger partial charge on any atom is 0.0791 e. The van der Waals surface area contributed by atoms with Gasteiger partial charge in [0.1, 0.15) is 0 Å². The van der Waals surface area contributed by atoms with Gasteiger partial charge in [0.25, 0.3) is 0 Å². The molecule has 0 spiro atoms. The summed E-state index contributed by atoms with van der Waals surface area (Å²) in [6.07, 6.45) is 3.55. The molecule has 18 heavy (non-hydrogen) atoms. The third-order valence-corrected chi connectivity index (χ3v) is 3.77. The van der Waals surface area contributed by atoms with Gasteiger partial charge < -0.3 is 15.3 Å². The second-order valence-corrected chi connectivity index (χ2v) is 7.60. The van der Waals surface area contributed by atoms with Crippen molar-refractivity contribution < 1.29 is 5.11 Å². The number of nitrogens with one attached hydrogen (secondary N) is 1. The van der Waals surface area contributed by atoms with E-state index in [1.54, 1.807) is 0 Å². The van der Waals surface area contributed by atoms with Crippen LogP contribution in [-0.2, 0) is 0 Å². The molecule has 1 fully saturated rings. The van der Waals surface area contributed by atoms with Crippen LogP contribution in [-0.4, -0.2) is 47.8 Å². The minimum absolute atomic E-state index is 0.0851. The van der Waals surface area contributed by atoms with Crippen LogP contribution < -0.4 is 5.32 Å². The molecule has 1 rings (SSSR count). The minimum Gasteiger partial charge on any atom is -0.390 e. The molecule has 0 aliphatic carbocycles. The van der Waals surface area contributed by atoms with E-state index in [2.05, 4.69) is 44.8 Å². The van der Waals surface area contributed by atoms with E-state index in [0.717, 1.165) is 19.6 Å². The summed E-state index contributed by atoms with van der Waals surface area (Å²) < 4.78 is 0. The van der Waals surface area contributed by atoms with E-state index in [1.165, 1.54) is 19.3 Å². The molecule has 0 bridgehead atoms. The molecule has 0 aromatic rings. The summed E-state index contributed by atoms with van der Waals surface area (Å²) in [5.74, 6) is 0. The van der Waals surface area contributed by atoms with Gasteiger partial charge in [-0.1, -0.05) is 13.8 Å². The van der Waals surface area contributed by atoms with E-state index in [-0.39, 0.29) is 11.6 Å². The van der Waals surface area contributed by atoms with Crippen LogP contribution >= 0.6 is 0 Å². The maximum absolute atomic E-state index is 10.1. The lowest BCUT2D eigenvalue weighted by Gasteiger charge is -2.27. The lowest BCUT2D eigenvalue weighted by atomic mass is 9.85. The average Bonchev–Trinajstić information content (AvgIpc) is 2.37. The largest absolute Gasteiger partial charge is 0.390 e. The number of likely N-dealkylation sites (tertiary alicyclic amines) is 1. The highest BCUT2D eigenvalue weighted by Gasteiger charge is 2.24. The molecule has 108 valence electrons. The van der Waals surface area contributed by atoms with E-state index < -0.39 is 0 Å². The molecule has 3 nitrogen and oxygen atoms in total. The van der Waals surface area contributed by atoms with Gasteiger partial charge in [0, 0.05) is 18.6 Å². The monoisotopic (exact) mass is 256 g/mol. The van der Waals surface area contributed by atoms with Gasteiger partial charge in [0.05, 0.1) is 6.10 Å². The number of hydrogen-bond donors (Lipinski definition) is 2. The number of nitrogens with zero attached hydrogens (tertiary/aromatic N) is 1. The Labute approximate surface area is 113 Å². The molecular formula is C15H32N2O. The molecule has 3 heteroatoms. The van der Waals surface area contributed by atoms with Crippen molar-refractivity contribution in [1.29, 1.82) is 0 Å². The molecule has 0 amide bonds. The summed E-state index contributed by atoms with van der Waals surface area (Å²) in [7, 11) is 0. The topological polar surface area (TPSA) is 35.5 Å². The Balaban J connectivity index is 2.29. The van der Waals surface area contributed by atoms with Crippen LogP contribution in [0.25, 0.3) is 0 Å². The highest BCUT2D eigenvalue weighted by molar-refractivity contribution is 4.79. The Kier molecular flexibility index (Phi) is 5.63. The summed E-state index contributed by atoms with van der Waals surface area (Å²) >= 11 is 0. The van der Waals surface area contributed by atoms with Crippen molar-refractivity contribution in [2.45, 2.75) is 65.5 Å². The fourth-order valence-electron chi connectivity index (χ4n) is 2.45. The van der Waals surface area contributed by atoms with Crippen LogP contribution in [0.3, 0.4) is 0 Å². The van der Waals surface area contributed by atoms with Crippen LogP contribution in [0.1, 0.15) is 53.9 Å². The first kappa shape index (κ1) is 15.9. The highest BCUT2D eigenvalue weighted by atomic mass is 16.3. The van der Waals surface area contributed by atoms with Crippen LogP contribution in [0.2, 0.25) is 0 Å². The van der Waals surface area contributed by atoms with Crippen molar-refractivity contribution in [2.75, 3.05) is 26.2 Å². The van der Waals surface area contributed by atoms with E-state index in [0.29, 0.717) is 12.0 Å². The third kappa shape index (κ3) is 6.72. The van der Waals surface area contributed by atoms with E-state index >= 15 is 0 Å². The highest BCUT2D eigenvalue weighted by Crippen LogP contribution is 2.29. The van der Waals surface area contributed by atoms with Crippen LogP contribution in [0, 0.1) is 5.41 Å². The van der Waals surface area contributed by atoms with E-state index in [1.807, 2.05) is 0 Å². The average molecular weight is 256 g/mol. The zero-order valence-corrected chi connectivity index (χ0v) is 12.9. The number of aliphatic hydroxyl groups is 1. The summed E-state index contributed by atoms with van der Waals surface area (Å²) in [5, 5.41) is 13.4. The molecule has 2 N–H and O–H groups in total. The molecule has 0 aromatic carbocycles. The van der Waals surface area contributed by atoms with Gasteiger partial charge >= 0.3 is 0 Å². The second-order valence-electron chi connectivity index (χ2n) is 7.60. The second kappa shape index (κ2) is 6.36. The Morgan fingerprint density at radius 3 is 2.50 bits per heavy atom. The van der Waals surface area contributed by atoms with Crippen LogP contribution in [0.15, 0.2) is 0 Å². The van der Waals surface area contributed by atoms with Crippen molar-refractivity contribution >= 4 is 0 Å². The summed E-state index contributed by atoms with van der Waals surface area (Å²) in [6.45, 7) is 14.9. The normalized spacial score (nSPS) is 23.7. The van der Waals surface area contributed by atoms with E-state index in [4.69, 9.17) is 0 Å². The minimum atomic E-state index is -0.259. The van der Waals surface area contributed by atoms with Crippen LogP contribution in [0.5, 0.6) is 0 Å². The maximum atomic E-state index is 10.1. The molecule has 1 aliphatic rings. The molecule has 1 saturated heterocycles. The van der Waals surface area contributed by atoms with Gasteiger partial charge in [-0.15, -0.1) is 0 Å². The number of β-amino-alcohol motifs (C(OH)–C–C–N with tert-alkyl or cyclic N) is 1. The third-order valence-electron chi connectivity index (χ3n) is 3.77. The fourth-order valence-corrected chi connectivity index (χ4v) is 2.45. The van der Waals surface area contributed by atoms with Crippen molar-refractivity contribution in [3.8, 4) is 0 Å². The quantitative estimate of drug-likeness (QED) is 0.810. The first-order chi connectivity index (χ1) is 8.18. The summed E-state index contributed by atoms with van der Waals surface area (Å²) in [6, 6.07) is 0. The molecule has 1 heterocycles. The first-order valence-electron chi connectivity index (χ1n) is 7.33. The first-order valence-corrected chi connectivity index (χ1v) is 7.33. The van der Waals surface area contributed by atoms with Gasteiger partial charge in [0.2, 0.25) is 0 Å². The summed E-state index contributed by atoms with van der Waals surface area (Å²) in [4.78, 5) is 2.42. The molecule has 1 aliphatic heterocycles. The van der Waals surface area contributed by atoms with Gasteiger partial charge in [-0.3, -0.25) is 0 Å². The number of hydrogen-bond acceptors (Lipinski definition) is 3. The molecule has 1 atom stereocenters. The molecule has 1 unspecified atom stereocenters. The zero-order chi connectivity index (χ0) is 13.8. The van der Waals surface area contributed by atoms with Gasteiger partial charge in [0.15, 0.2) is 0 Å². The Bertz CT molecular complexity index is 245. The molecule has 0 saturated carbocycles. The number of aliphatic hydroxyl groups excluding tert-OH is 1. The Morgan fingerprint density at radius 1 is 1.22 bits per heavy atom. The smallest absolute Gasteiger partial charge is 0.0791 e. The Hall–Kier alpha value is -0.120. The lowest BCUT2D eigenvalue weighted by molar-refractivity contribution is 0.105. The van der Waals surface area contributed by atoms with Crippen LogP contribution in [0.4, 0.5) is 0 Å². The van der Waals surface area contributed by atoms with Crippen molar-refractivity contribution in [3.63, 3.8) is 0 Å². The zero-order valence-electron chi connectivity index (χ0n) is 12.9. The predicted octanol–water partition coefficient (Wildman–Crippen LogP) is 2.25. The Morgan fingerprint density at radius 2 is 1.89 bits per heavy atom. The standard InChI is InChI=1S/C15H32N2O/c1-14(2,3)16-11-13(18)12-17-9-6-7-15(4,5)8-10-17/h13,16,18H,6-12H2,1-5H3.